The van der Waals surface area contributed by atoms with E-state index in [2.05, 4.69) is 23.4 Å². The number of nitrogens with two attached hydrogens (primary N) is 1. The van der Waals surface area contributed by atoms with Crippen LogP contribution in [-0.4, -0.2) is 9.59 Å². The highest BCUT2D eigenvalue weighted by atomic mass is 32.1. The van der Waals surface area contributed by atoms with Crippen molar-refractivity contribution < 1.29 is 0 Å². The Morgan fingerprint density at radius 2 is 2.20 bits per heavy atom. The Morgan fingerprint density at radius 1 is 1.47 bits per heavy atom. The molecular weight excluding hydrogens is 206 g/mol. The van der Waals surface area contributed by atoms with Crippen LogP contribution in [0.15, 0.2) is 0 Å². The molecule has 2 N–H and O–H groups in total. The van der Waals surface area contributed by atoms with Gasteiger partial charge in [0.2, 0.25) is 0 Å². The first-order chi connectivity index (χ1) is 7.18. The highest BCUT2D eigenvalue weighted by Gasteiger charge is 2.24. The van der Waals surface area contributed by atoms with Gasteiger partial charge in [0.05, 0.1) is 10.6 Å². The second kappa shape index (κ2) is 4.58. The monoisotopic (exact) mass is 225 g/mol. The van der Waals surface area contributed by atoms with Gasteiger partial charge in [-0.25, -0.2) is 0 Å². The molecule has 1 unspecified atom stereocenters. The smallest absolute Gasteiger partial charge is 0.0828 e. The third-order valence-corrected chi connectivity index (χ3v) is 4.11. The van der Waals surface area contributed by atoms with Crippen LogP contribution in [0.5, 0.6) is 0 Å². The minimum Gasteiger partial charge on any atom is -0.323 e. The summed E-state index contributed by atoms with van der Waals surface area (Å²) in [7, 11) is 0. The van der Waals surface area contributed by atoms with Crippen LogP contribution < -0.4 is 5.73 Å². The predicted octanol–water partition coefficient (Wildman–Crippen LogP) is 2.85. The van der Waals surface area contributed by atoms with Gasteiger partial charge in [0.1, 0.15) is 0 Å². The fraction of sp³-hybridized carbons (Fsp3) is 0.818. The standard InChI is InChI=1S/C11H19N3S/c1-7(2)10-11(15-14-13-10)9(12)6-8-4-3-5-8/h7-9H,3-6,12H2,1-2H3. The second-order valence-corrected chi connectivity index (χ2v) is 5.60. The van der Waals surface area contributed by atoms with Gasteiger partial charge in [-0.1, -0.05) is 37.6 Å². The highest BCUT2D eigenvalue weighted by Crippen LogP contribution is 2.36. The second-order valence-electron chi connectivity index (χ2n) is 4.82. The Kier molecular flexibility index (Phi) is 3.36. The molecule has 1 fully saturated rings. The third-order valence-electron chi connectivity index (χ3n) is 3.24. The maximum Gasteiger partial charge on any atom is 0.0828 e. The summed E-state index contributed by atoms with van der Waals surface area (Å²) in [5.74, 6) is 1.29. The van der Waals surface area contributed by atoms with Gasteiger partial charge in [0.15, 0.2) is 0 Å². The van der Waals surface area contributed by atoms with Crippen molar-refractivity contribution in [2.24, 2.45) is 11.7 Å². The van der Waals surface area contributed by atoms with Crippen LogP contribution in [-0.2, 0) is 0 Å². The molecule has 1 aromatic rings. The molecule has 3 nitrogen and oxygen atoms in total. The molecule has 0 aliphatic heterocycles. The molecule has 1 aliphatic carbocycles. The van der Waals surface area contributed by atoms with E-state index in [4.69, 9.17) is 5.73 Å². The Hall–Kier alpha value is -0.480. The van der Waals surface area contributed by atoms with Crippen LogP contribution in [0.3, 0.4) is 0 Å². The first-order valence-corrected chi connectivity index (χ1v) is 6.53. The van der Waals surface area contributed by atoms with Crippen LogP contribution in [0.2, 0.25) is 0 Å². The van der Waals surface area contributed by atoms with Gasteiger partial charge in [0.25, 0.3) is 0 Å². The molecule has 0 radical (unpaired) electrons. The summed E-state index contributed by atoms with van der Waals surface area (Å²) in [4.78, 5) is 1.21. The summed E-state index contributed by atoms with van der Waals surface area (Å²) in [5.41, 5.74) is 7.32. The average molecular weight is 225 g/mol. The molecule has 0 amide bonds. The molecule has 1 saturated carbocycles. The minimum atomic E-state index is 0.160. The zero-order valence-electron chi connectivity index (χ0n) is 9.44. The van der Waals surface area contributed by atoms with Crippen LogP contribution in [0.4, 0.5) is 0 Å². The van der Waals surface area contributed by atoms with Gasteiger partial charge in [-0.15, -0.1) is 5.10 Å². The minimum absolute atomic E-state index is 0.160. The van der Waals surface area contributed by atoms with E-state index in [1.807, 2.05) is 0 Å². The van der Waals surface area contributed by atoms with E-state index in [1.165, 1.54) is 35.7 Å². The summed E-state index contributed by atoms with van der Waals surface area (Å²) < 4.78 is 4.03. The van der Waals surface area contributed by atoms with Crippen LogP contribution >= 0.6 is 11.5 Å². The predicted molar refractivity (Wildman–Crippen MR) is 62.9 cm³/mol. The van der Waals surface area contributed by atoms with Gasteiger partial charge in [0, 0.05) is 6.04 Å². The SMILES string of the molecule is CC(C)c1nnsc1C(N)CC1CCC1. The van der Waals surface area contributed by atoms with Crippen molar-refractivity contribution >= 4 is 11.5 Å². The Bertz CT molecular complexity index is 317. The molecule has 1 aromatic heterocycles. The van der Waals surface area contributed by atoms with E-state index in [0.717, 1.165) is 18.0 Å². The van der Waals surface area contributed by atoms with Crippen molar-refractivity contribution in [3.8, 4) is 0 Å². The lowest BCUT2D eigenvalue weighted by Gasteiger charge is -2.27. The summed E-state index contributed by atoms with van der Waals surface area (Å²) in [6.45, 7) is 4.30. The van der Waals surface area contributed by atoms with Crippen LogP contribution in [0.25, 0.3) is 0 Å². The molecule has 15 heavy (non-hydrogen) atoms. The fourth-order valence-corrected chi connectivity index (χ4v) is 2.88. The normalized spacial score (nSPS) is 19.2. The lowest BCUT2D eigenvalue weighted by molar-refractivity contribution is 0.278. The number of hydrogen-bond acceptors (Lipinski definition) is 4. The van der Waals surface area contributed by atoms with E-state index in [1.54, 1.807) is 0 Å². The zero-order valence-corrected chi connectivity index (χ0v) is 10.3. The van der Waals surface area contributed by atoms with Crippen molar-refractivity contribution in [2.45, 2.75) is 51.5 Å². The third kappa shape index (κ3) is 2.37. The average Bonchev–Trinajstić information content (AvgIpc) is 2.59. The van der Waals surface area contributed by atoms with E-state index >= 15 is 0 Å². The van der Waals surface area contributed by atoms with Crippen molar-refractivity contribution in [2.75, 3.05) is 0 Å². The summed E-state index contributed by atoms with van der Waals surface area (Å²) in [5, 5.41) is 4.18. The first kappa shape index (κ1) is 11.0. The molecule has 0 bridgehead atoms. The van der Waals surface area contributed by atoms with Crippen LogP contribution in [0, 0.1) is 5.92 Å². The molecule has 1 atom stereocenters. The van der Waals surface area contributed by atoms with E-state index < -0.39 is 0 Å². The summed E-state index contributed by atoms with van der Waals surface area (Å²) in [6.07, 6.45) is 5.22. The first-order valence-electron chi connectivity index (χ1n) is 5.76. The molecule has 84 valence electrons. The lowest BCUT2D eigenvalue weighted by Crippen LogP contribution is -2.20. The van der Waals surface area contributed by atoms with Gasteiger partial charge >= 0.3 is 0 Å². The van der Waals surface area contributed by atoms with Crippen molar-refractivity contribution in [1.29, 1.82) is 0 Å². The van der Waals surface area contributed by atoms with Gasteiger partial charge in [-0.2, -0.15) is 0 Å². The molecule has 0 spiro atoms. The quantitative estimate of drug-likeness (QED) is 0.857. The molecule has 0 saturated heterocycles. The van der Waals surface area contributed by atoms with Gasteiger partial charge in [-0.3, -0.25) is 0 Å². The zero-order chi connectivity index (χ0) is 10.8. The molecule has 2 rings (SSSR count). The van der Waals surface area contributed by atoms with Gasteiger partial charge in [-0.05, 0) is 29.8 Å². The van der Waals surface area contributed by atoms with Crippen molar-refractivity contribution in [1.82, 2.24) is 9.59 Å². The Morgan fingerprint density at radius 3 is 2.73 bits per heavy atom. The largest absolute Gasteiger partial charge is 0.323 e. The van der Waals surface area contributed by atoms with Crippen molar-refractivity contribution in [3.63, 3.8) is 0 Å². The maximum absolute atomic E-state index is 6.22. The molecular formula is C11H19N3S. The number of hydrogen-bond donors (Lipinski definition) is 1. The van der Waals surface area contributed by atoms with Crippen molar-refractivity contribution in [3.05, 3.63) is 10.6 Å². The Labute approximate surface area is 95.2 Å². The van der Waals surface area contributed by atoms with E-state index in [0.29, 0.717) is 5.92 Å². The lowest BCUT2D eigenvalue weighted by atomic mass is 9.80. The van der Waals surface area contributed by atoms with E-state index in [9.17, 15) is 0 Å². The van der Waals surface area contributed by atoms with Crippen LogP contribution in [0.1, 0.15) is 62.1 Å². The maximum atomic E-state index is 6.22. The topological polar surface area (TPSA) is 51.8 Å². The molecule has 0 aromatic carbocycles. The number of rotatable bonds is 4. The summed E-state index contributed by atoms with van der Waals surface area (Å²) in [6, 6.07) is 0.160. The molecule has 4 heteroatoms. The highest BCUT2D eigenvalue weighted by molar-refractivity contribution is 7.05. The number of aromatic nitrogens is 2. The molecule has 1 heterocycles. The Balaban J connectivity index is 2.03. The van der Waals surface area contributed by atoms with Gasteiger partial charge < -0.3 is 5.73 Å². The van der Waals surface area contributed by atoms with E-state index in [-0.39, 0.29) is 6.04 Å². The summed E-state index contributed by atoms with van der Waals surface area (Å²) >= 11 is 1.48. The molecule has 1 aliphatic rings. The fourth-order valence-electron chi connectivity index (χ4n) is 2.06. The number of nitrogens with zero attached hydrogens (tertiary/aromatic N) is 2.